The van der Waals surface area contributed by atoms with Crippen LogP contribution in [0.25, 0.3) is 0 Å². The van der Waals surface area contributed by atoms with Crippen molar-refractivity contribution in [2.24, 2.45) is 0 Å². The normalized spacial score (nSPS) is 11.8. The molecule has 0 saturated carbocycles. The number of nitrogens with zero attached hydrogens (tertiary/aromatic N) is 2. The van der Waals surface area contributed by atoms with E-state index in [-0.39, 0.29) is 26.2 Å². The second-order valence-electron chi connectivity index (χ2n) is 3.31. The molecule has 0 bridgehead atoms. The molecule has 0 radical (unpaired) electrons. The van der Waals surface area contributed by atoms with E-state index in [9.17, 15) is 0 Å². The van der Waals surface area contributed by atoms with Crippen LogP contribution in [0, 0.1) is 0 Å². The zero-order chi connectivity index (χ0) is 13.3. The summed E-state index contributed by atoms with van der Waals surface area (Å²) in [4.78, 5) is 5.24. The third-order valence-corrected chi connectivity index (χ3v) is 1.63. The van der Waals surface area contributed by atoms with Crippen molar-refractivity contribution in [2.75, 3.05) is 26.2 Å². The molecule has 0 saturated heterocycles. The first-order valence-electron chi connectivity index (χ1n) is 5.11. The van der Waals surface area contributed by atoms with Gasteiger partial charge in [0.1, 0.15) is 0 Å². The molecule has 0 fully saturated rings. The van der Waals surface area contributed by atoms with E-state index in [0.29, 0.717) is 0 Å². The Hall–Kier alpha value is -0.800. The summed E-state index contributed by atoms with van der Waals surface area (Å²) in [6, 6.07) is 0. The van der Waals surface area contributed by atoms with E-state index in [1.807, 2.05) is 0 Å². The van der Waals surface area contributed by atoms with E-state index in [2.05, 4.69) is 13.2 Å². The minimum Gasteiger partial charge on any atom is -0.367 e. The molecule has 0 amide bonds. The molecule has 0 aliphatic heterocycles. The highest BCUT2D eigenvalue weighted by molar-refractivity contribution is 4.71. The SMILES string of the molecule is C=CCN(CC(O)O)ON(CC=C)CC(O)O. The van der Waals surface area contributed by atoms with Gasteiger partial charge in [0.2, 0.25) is 0 Å². The molecule has 0 aromatic carbocycles. The van der Waals surface area contributed by atoms with Crippen LogP contribution >= 0.6 is 0 Å². The minimum absolute atomic E-state index is 0.152. The first-order chi connectivity index (χ1) is 7.99. The summed E-state index contributed by atoms with van der Waals surface area (Å²) in [5, 5.41) is 37.8. The molecule has 0 atom stereocenters. The van der Waals surface area contributed by atoms with Crippen molar-refractivity contribution in [2.45, 2.75) is 12.6 Å². The number of hydrogen-bond donors (Lipinski definition) is 4. The van der Waals surface area contributed by atoms with E-state index >= 15 is 0 Å². The second-order valence-corrected chi connectivity index (χ2v) is 3.31. The Kier molecular flexibility index (Phi) is 8.82. The molecule has 0 unspecified atom stereocenters. The van der Waals surface area contributed by atoms with Crippen molar-refractivity contribution in [1.82, 2.24) is 10.1 Å². The van der Waals surface area contributed by atoms with E-state index < -0.39 is 12.6 Å². The topological polar surface area (TPSA) is 96.6 Å². The van der Waals surface area contributed by atoms with Crippen molar-refractivity contribution in [3.8, 4) is 0 Å². The molecular formula is C10H20N2O5. The fraction of sp³-hybridized carbons (Fsp3) is 0.600. The lowest BCUT2D eigenvalue weighted by molar-refractivity contribution is -0.340. The van der Waals surface area contributed by atoms with Gasteiger partial charge in [0.05, 0.1) is 13.1 Å². The van der Waals surface area contributed by atoms with Gasteiger partial charge in [-0.15, -0.1) is 13.2 Å². The maximum atomic E-state index is 8.84. The van der Waals surface area contributed by atoms with E-state index in [0.717, 1.165) is 0 Å². The lowest BCUT2D eigenvalue weighted by Crippen LogP contribution is -2.42. The Balaban J connectivity index is 4.31. The van der Waals surface area contributed by atoms with Gasteiger partial charge in [-0.3, -0.25) is 0 Å². The summed E-state index contributed by atoms with van der Waals surface area (Å²) in [7, 11) is 0. The summed E-state index contributed by atoms with van der Waals surface area (Å²) < 4.78 is 0. The predicted molar refractivity (Wildman–Crippen MR) is 61.1 cm³/mol. The van der Waals surface area contributed by atoms with Gasteiger partial charge < -0.3 is 20.4 Å². The lowest BCUT2D eigenvalue weighted by Gasteiger charge is -2.28. The standard InChI is InChI=1S/C10H20N2O5/c1-3-5-11(7-9(13)14)17-12(6-4-2)8-10(15)16/h3-4,9-10,13-16H,1-2,5-8H2. The molecular weight excluding hydrogens is 228 g/mol. The Morgan fingerprint density at radius 3 is 1.47 bits per heavy atom. The maximum Gasteiger partial charge on any atom is 0.166 e. The van der Waals surface area contributed by atoms with Crippen LogP contribution in [0.2, 0.25) is 0 Å². The Morgan fingerprint density at radius 1 is 0.882 bits per heavy atom. The van der Waals surface area contributed by atoms with Gasteiger partial charge in [-0.25, -0.2) is 4.94 Å². The minimum atomic E-state index is -1.56. The van der Waals surface area contributed by atoms with Gasteiger partial charge in [-0.05, 0) is 0 Å². The molecule has 0 aromatic rings. The summed E-state index contributed by atoms with van der Waals surface area (Å²) in [5.74, 6) is 0. The van der Waals surface area contributed by atoms with Crippen LogP contribution in [0.5, 0.6) is 0 Å². The quantitative estimate of drug-likeness (QED) is 0.211. The predicted octanol–water partition coefficient (Wildman–Crippen LogP) is -1.57. The Labute approximate surface area is 100 Å². The smallest absolute Gasteiger partial charge is 0.166 e. The highest BCUT2D eigenvalue weighted by Gasteiger charge is 2.15. The fourth-order valence-electron chi connectivity index (χ4n) is 1.10. The molecule has 7 heteroatoms. The molecule has 17 heavy (non-hydrogen) atoms. The average Bonchev–Trinajstić information content (AvgIpc) is 2.16. The molecule has 0 spiro atoms. The summed E-state index contributed by atoms with van der Waals surface area (Å²) in [6.45, 7) is 7.21. The van der Waals surface area contributed by atoms with Crippen molar-refractivity contribution >= 4 is 0 Å². The molecule has 100 valence electrons. The number of hydrogen-bond acceptors (Lipinski definition) is 7. The van der Waals surface area contributed by atoms with Crippen LogP contribution in [-0.4, -0.2) is 69.3 Å². The molecule has 0 rings (SSSR count). The number of rotatable bonds is 10. The molecule has 0 heterocycles. The van der Waals surface area contributed by atoms with Crippen molar-refractivity contribution < 1.29 is 25.4 Å². The lowest BCUT2D eigenvalue weighted by atomic mass is 10.5. The molecule has 0 aliphatic carbocycles. The number of aliphatic hydroxyl groups is 4. The van der Waals surface area contributed by atoms with Crippen LogP contribution in [0.3, 0.4) is 0 Å². The van der Waals surface area contributed by atoms with Crippen LogP contribution in [-0.2, 0) is 4.94 Å². The van der Waals surface area contributed by atoms with Gasteiger partial charge in [0.25, 0.3) is 0 Å². The number of hydroxylamine groups is 4. The van der Waals surface area contributed by atoms with Crippen LogP contribution in [0.1, 0.15) is 0 Å². The summed E-state index contributed by atoms with van der Waals surface area (Å²) >= 11 is 0. The average molecular weight is 248 g/mol. The third-order valence-electron chi connectivity index (χ3n) is 1.63. The van der Waals surface area contributed by atoms with Gasteiger partial charge in [-0.1, -0.05) is 12.2 Å². The van der Waals surface area contributed by atoms with Gasteiger partial charge in [-0.2, -0.15) is 10.1 Å². The monoisotopic (exact) mass is 248 g/mol. The van der Waals surface area contributed by atoms with Crippen LogP contribution < -0.4 is 0 Å². The highest BCUT2D eigenvalue weighted by atomic mass is 16.8. The summed E-state index contributed by atoms with van der Waals surface area (Å²) in [6.07, 6.45) is -0.0765. The van der Waals surface area contributed by atoms with E-state index in [4.69, 9.17) is 25.4 Å². The zero-order valence-corrected chi connectivity index (χ0v) is 9.64. The first kappa shape index (κ1) is 16.2. The Bertz CT molecular complexity index is 201. The highest BCUT2D eigenvalue weighted by Crippen LogP contribution is 2.00. The van der Waals surface area contributed by atoms with Gasteiger partial charge in [0, 0.05) is 13.1 Å². The second kappa shape index (κ2) is 9.25. The van der Waals surface area contributed by atoms with Crippen LogP contribution in [0.4, 0.5) is 0 Å². The first-order valence-corrected chi connectivity index (χ1v) is 5.11. The van der Waals surface area contributed by atoms with Gasteiger partial charge in [0.15, 0.2) is 12.6 Å². The Morgan fingerprint density at radius 2 is 1.24 bits per heavy atom. The molecule has 0 aromatic heterocycles. The van der Waals surface area contributed by atoms with Crippen molar-refractivity contribution in [3.63, 3.8) is 0 Å². The van der Waals surface area contributed by atoms with Crippen molar-refractivity contribution in [3.05, 3.63) is 25.3 Å². The fourth-order valence-corrected chi connectivity index (χ4v) is 1.10. The molecule has 7 nitrogen and oxygen atoms in total. The maximum absolute atomic E-state index is 8.84. The van der Waals surface area contributed by atoms with Crippen molar-refractivity contribution in [1.29, 1.82) is 0 Å². The zero-order valence-electron chi connectivity index (χ0n) is 9.64. The summed E-state index contributed by atoms with van der Waals surface area (Å²) in [5.41, 5.74) is 0. The molecule has 0 aliphatic rings. The molecule has 4 N–H and O–H groups in total. The van der Waals surface area contributed by atoms with E-state index in [1.54, 1.807) is 0 Å². The number of aliphatic hydroxyl groups excluding tert-OH is 2. The van der Waals surface area contributed by atoms with E-state index in [1.165, 1.54) is 22.3 Å². The third kappa shape index (κ3) is 8.95. The largest absolute Gasteiger partial charge is 0.367 e. The van der Waals surface area contributed by atoms with Gasteiger partial charge >= 0.3 is 0 Å². The van der Waals surface area contributed by atoms with Crippen LogP contribution in [0.15, 0.2) is 25.3 Å².